The van der Waals surface area contributed by atoms with Gasteiger partial charge in [0, 0.05) is 0 Å². The van der Waals surface area contributed by atoms with Crippen molar-refractivity contribution in [1.82, 2.24) is 0 Å². The molecule has 0 aliphatic carbocycles. The molecular weight excluding hydrogens is 372 g/mol. The SMILES string of the molecule is CCC(CC)(OCC(F)(F)F)c1ccc(Cl)c(OC)c1.O=[PH](O)O. The molecule has 0 heterocycles. The molecular formula is C14H21ClF3O5P. The molecule has 1 aromatic rings. The maximum Gasteiger partial charge on any atom is 0.411 e. The average Bonchev–Trinajstić information content (AvgIpc) is 2.48. The van der Waals surface area contributed by atoms with Gasteiger partial charge in [-0.2, -0.15) is 13.2 Å². The van der Waals surface area contributed by atoms with E-state index in [1.165, 1.54) is 7.11 Å². The van der Waals surface area contributed by atoms with E-state index >= 15 is 0 Å². The average molecular weight is 393 g/mol. The summed E-state index contributed by atoms with van der Waals surface area (Å²) in [6, 6.07) is 4.91. The fourth-order valence-electron chi connectivity index (χ4n) is 2.11. The number of rotatable bonds is 6. The van der Waals surface area contributed by atoms with Gasteiger partial charge < -0.3 is 19.3 Å². The number of methoxy groups -OCH3 is 1. The van der Waals surface area contributed by atoms with Crippen LogP contribution in [0.4, 0.5) is 13.2 Å². The van der Waals surface area contributed by atoms with Gasteiger partial charge in [0.1, 0.15) is 12.4 Å². The van der Waals surface area contributed by atoms with Crippen LogP contribution < -0.4 is 4.74 Å². The van der Waals surface area contributed by atoms with Crippen molar-refractivity contribution in [2.75, 3.05) is 13.7 Å². The summed E-state index contributed by atoms with van der Waals surface area (Å²) in [6.45, 7) is 2.31. The van der Waals surface area contributed by atoms with Crippen molar-refractivity contribution in [3.05, 3.63) is 28.8 Å². The van der Waals surface area contributed by atoms with Crippen molar-refractivity contribution in [2.24, 2.45) is 0 Å². The van der Waals surface area contributed by atoms with Crippen LogP contribution in [0.3, 0.4) is 0 Å². The number of halogens is 4. The Morgan fingerprint density at radius 2 is 1.71 bits per heavy atom. The topological polar surface area (TPSA) is 76.0 Å². The molecule has 0 bridgehead atoms. The molecule has 0 unspecified atom stereocenters. The highest BCUT2D eigenvalue weighted by atomic mass is 35.5. The van der Waals surface area contributed by atoms with E-state index < -0.39 is 26.6 Å². The lowest BCUT2D eigenvalue weighted by molar-refractivity contribution is -0.209. The van der Waals surface area contributed by atoms with Crippen LogP contribution in [-0.2, 0) is 14.9 Å². The summed E-state index contributed by atoms with van der Waals surface area (Å²) in [6.07, 6.45) is -3.51. The molecule has 5 nitrogen and oxygen atoms in total. The molecule has 0 radical (unpaired) electrons. The Kier molecular flexibility index (Phi) is 9.92. The molecule has 2 N–H and O–H groups in total. The molecule has 0 aliphatic rings. The van der Waals surface area contributed by atoms with Gasteiger partial charge in [0.15, 0.2) is 0 Å². The van der Waals surface area contributed by atoms with Gasteiger partial charge in [0.2, 0.25) is 0 Å². The number of benzene rings is 1. The standard InChI is InChI=1S/C14H18ClF3O2.H3O3P/c1-4-13(5-2,20-9-14(16,17)18)10-6-7-11(15)12(8-10)19-3;1-4(2)3/h6-8H,4-5,9H2,1-3H3;4H,(H2,1,2,3). The van der Waals surface area contributed by atoms with E-state index in [2.05, 4.69) is 0 Å². The molecule has 1 aromatic carbocycles. The molecule has 0 aromatic heterocycles. The number of hydrogen-bond acceptors (Lipinski definition) is 3. The van der Waals surface area contributed by atoms with Gasteiger partial charge in [-0.3, -0.25) is 4.57 Å². The highest BCUT2D eigenvalue weighted by Crippen LogP contribution is 2.38. The third kappa shape index (κ3) is 7.85. The smallest absolute Gasteiger partial charge is 0.411 e. The van der Waals surface area contributed by atoms with E-state index in [1.807, 2.05) is 0 Å². The quantitative estimate of drug-likeness (QED) is 0.706. The van der Waals surface area contributed by atoms with Crippen LogP contribution in [0.25, 0.3) is 0 Å². The monoisotopic (exact) mass is 392 g/mol. The van der Waals surface area contributed by atoms with Gasteiger partial charge in [-0.1, -0.05) is 31.5 Å². The van der Waals surface area contributed by atoms with E-state index in [0.29, 0.717) is 29.2 Å². The summed E-state index contributed by atoms with van der Waals surface area (Å²) >= 11 is 5.94. The van der Waals surface area contributed by atoms with Crippen LogP contribution in [-0.4, -0.2) is 29.7 Å². The highest BCUT2D eigenvalue weighted by Gasteiger charge is 2.36. The first-order chi connectivity index (χ1) is 11.0. The zero-order valence-electron chi connectivity index (χ0n) is 13.5. The third-order valence-electron chi connectivity index (χ3n) is 3.33. The summed E-state index contributed by atoms with van der Waals surface area (Å²) in [4.78, 5) is 14.3. The Labute approximate surface area is 144 Å². The van der Waals surface area contributed by atoms with Crippen LogP contribution in [0, 0.1) is 0 Å². The molecule has 140 valence electrons. The molecule has 0 atom stereocenters. The zero-order valence-corrected chi connectivity index (χ0v) is 15.2. The van der Waals surface area contributed by atoms with Gasteiger partial charge in [0.25, 0.3) is 0 Å². The van der Waals surface area contributed by atoms with Crippen molar-refractivity contribution >= 4 is 19.9 Å². The van der Waals surface area contributed by atoms with Gasteiger partial charge >= 0.3 is 14.4 Å². The lowest BCUT2D eigenvalue weighted by atomic mass is 9.88. The summed E-state index contributed by atoms with van der Waals surface area (Å²) in [5, 5.41) is 0.410. The molecule has 24 heavy (non-hydrogen) atoms. The second kappa shape index (κ2) is 10.3. The van der Waals surface area contributed by atoms with E-state index in [0.717, 1.165) is 0 Å². The first kappa shape index (κ1) is 23.2. The fraction of sp³-hybridized carbons (Fsp3) is 0.571. The molecule has 0 fully saturated rings. The van der Waals surface area contributed by atoms with Crippen LogP contribution in [0.15, 0.2) is 18.2 Å². The highest BCUT2D eigenvalue weighted by molar-refractivity contribution is 7.30. The van der Waals surface area contributed by atoms with Crippen molar-refractivity contribution in [3.63, 3.8) is 0 Å². The zero-order chi connectivity index (χ0) is 19.0. The van der Waals surface area contributed by atoms with Gasteiger partial charge in [-0.25, -0.2) is 0 Å². The van der Waals surface area contributed by atoms with Crippen molar-refractivity contribution < 1.29 is 37.0 Å². The minimum atomic E-state index is -4.36. The Hall–Kier alpha value is -0.790. The second-order valence-electron chi connectivity index (χ2n) is 4.74. The molecule has 0 aliphatic heterocycles. The lowest BCUT2D eigenvalue weighted by Crippen LogP contribution is -2.33. The molecule has 10 heteroatoms. The lowest BCUT2D eigenvalue weighted by Gasteiger charge is -2.33. The van der Waals surface area contributed by atoms with Gasteiger partial charge in [-0.05, 0) is 30.5 Å². The first-order valence-electron chi connectivity index (χ1n) is 6.98. The normalized spacial score (nSPS) is 11.9. The molecule has 0 spiro atoms. The fourth-order valence-corrected chi connectivity index (χ4v) is 2.30. The first-order valence-corrected chi connectivity index (χ1v) is 8.66. The summed E-state index contributed by atoms with van der Waals surface area (Å²) < 4.78 is 56.3. The molecule has 0 saturated carbocycles. The molecule has 1 rings (SSSR count). The third-order valence-corrected chi connectivity index (χ3v) is 3.64. The minimum absolute atomic E-state index is 0.410. The maximum atomic E-state index is 12.4. The van der Waals surface area contributed by atoms with Crippen LogP contribution in [0.5, 0.6) is 5.75 Å². The van der Waals surface area contributed by atoms with Crippen molar-refractivity contribution in [2.45, 2.75) is 38.5 Å². The Morgan fingerprint density at radius 3 is 2.08 bits per heavy atom. The number of hydrogen-bond donors (Lipinski definition) is 2. The van der Waals surface area contributed by atoms with Crippen LogP contribution >= 0.6 is 19.9 Å². The molecule has 0 saturated heterocycles. The summed E-state index contributed by atoms with van der Waals surface area (Å²) in [5.74, 6) is 0.422. The Morgan fingerprint density at radius 1 is 1.21 bits per heavy atom. The molecule has 0 amide bonds. The summed E-state index contributed by atoms with van der Waals surface area (Å²) in [7, 11) is -1.67. The Balaban J connectivity index is 0.00000118. The number of alkyl halides is 3. The van der Waals surface area contributed by atoms with Crippen LogP contribution in [0.2, 0.25) is 5.02 Å². The maximum absolute atomic E-state index is 12.4. The van der Waals surface area contributed by atoms with E-state index in [4.69, 9.17) is 35.4 Å². The van der Waals surface area contributed by atoms with E-state index in [-0.39, 0.29) is 0 Å². The van der Waals surface area contributed by atoms with Crippen molar-refractivity contribution in [1.29, 1.82) is 0 Å². The predicted molar refractivity (Wildman–Crippen MR) is 85.7 cm³/mol. The predicted octanol–water partition coefficient (Wildman–Crippen LogP) is 4.30. The summed E-state index contributed by atoms with van der Waals surface area (Å²) in [5.41, 5.74) is -0.360. The largest absolute Gasteiger partial charge is 0.495 e. The Bertz CT molecular complexity index is 532. The van der Waals surface area contributed by atoms with E-state index in [9.17, 15) is 13.2 Å². The van der Waals surface area contributed by atoms with Gasteiger partial charge in [-0.15, -0.1) is 0 Å². The van der Waals surface area contributed by atoms with Crippen molar-refractivity contribution in [3.8, 4) is 5.75 Å². The second-order valence-corrected chi connectivity index (χ2v) is 5.71. The van der Waals surface area contributed by atoms with E-state index in [1.54, 1.807) is 32.0 Å². The van der Waals surface area contributed by atoms with Crippen LogP contribution in [0.1, 0.15) is 32.3 Å². The number of ether oxygens (including phenoxy) is 2. The minimum Gasteiger partial charge on any atom is -0.495 e. The van der Waals surface area contributed by atoms with Gasteiger partial charge in [0.05, 0.1) is 17.7 Å².